The smallest absolute Gasteiger partial charge is 0.368 e. The molecule has 0 saturated heterocycles. The standard InChI is InChI=1S/C23H25F6N7O/c1-4-17-10-19(20-18(36(17)12-37)6-5-13(2)32-20)35(21(30)33-34-31-3)11-14-7-15(22(24,25)26)9-16(8-14)23(27,28)29/h5-9,12,17,19H,4,10-11H2,1-3H3,(H2,30,31,33). The number of fused-ring (bicyclic) bond motifs is 1. The minimum atomic E-state index is -5.01. The van der Waals surface area contributed by atoms with E-state index in [4.69, 9.17) is 5.73 Å². The number of carbonyl (C=O) groups excluding carboxylic acids is 1. The second-order valence-corrected chi connectivity index (χ2v) is 8.47. The molecule has 14 heteroatoms. The van der Waals surface area contributed by atoms with Crippen LogP contribution in [0.4, 0.5) is 32.0 Å². The Hall–Kier alpha value is -3.71. The van der Waals surface area contributed by atoms with E-state index < -0.39 is 36.1 Å². The van der Waals surface area contributed by atoms with Gasteiger partial charge >= 0.3 is 12.4 Å². The summed E-state index contributed by atoms with van der Waals surface area (Å²) in [4.78, 5) is 19.2. The molecular weight excluding hydrogens is 504 g/mol. The predicted molar refractivity (Wildman–Crippen MR) is 123 cm³/mol. The predicted octanol–water partition coefficient (Wildman–Crippen LogP) is 5.43. The van der Waals surface area contributed by atoms with E-state index in [0.29, 0.717) is 42.0 Å². The third-order valence-corrected chi connectivity index (χ3v) is 6.02. The highest BCUT2D eigenvalue weighted by molar-refractivity contribution is 5.81. The Bertz CT molecular complexity index is 1160. The summed E-state index contributed by atoms with van der Waals surface area (Å²) in [6.07, 6.45) is -8.60. The van der Waals surface area contributed by atoms with Gasteiger partial charge < -0.3 is 15.5 Å². The number of aromatic nitrogens is 1. The van der Waals surface area contributed by atoms with E-state index >= 15 is 0 Å². The first-order chi connectivity index (χ1) is 17.3. The lowest BCUT2D eigenvalue weighted by atomic mass is 9.92. The Morgan fingerprint density at radius 2 is 1.78 bits per heavy atom. The number of guanidine groups is 1. The summed E-state index contributed by atoms with van der Waals surface area (Å²) in [5, 5.41) is 10.7. The largest absolute Gasteiger partial charge is 0.416 e. The van der Waals surface area contributed by atoms with Crippen molar-refractivity contribution in [3.63, 3.8) is 0 Å². The molecule has 0 aliphatic carbocycles. The Labute approximate surface area is 208 Å². The number of nitrogens with two attached hydrogens (primary N) is 1. The van der Waals surface area contributed by atoms with Crippen molar-refractivity contribution in [3.8, 4) is 0 Å². The van der Waals surface area contributed by atoms with Gasteiger partial charge in [0.2, 0.25) is 12.4 Å². The van der Waals surface area contributed by atoms with E-state index in [0.717, 1.165) is 0 Å². The van der Waals surface area contributed by atoms with E-state index in [1.807, 2.05) is 6.92 Å². The van der Waals surface area contributed by atoms with Crippen LogP contribution in [0.1, 0.15) is 53.9 Å². The van der Waals surface area contributed by atoms with Crippen LogP contribution in [-0.2, 0) is 23.7 Å². The van der Waals surface area contributed by atoms with E-state index in [1.165, 1.54) is 16.8 Å². The fourth-order valence-electron chi connectivity index (χ4n) is 4.30. The summed E-state index contributed by atoms with van der Waals surface area (Å²) in [5.41, 5.74) is 4.38. The normalized spacial score (nSPS) is 18.7. The van der Waals surface area contributed by atoms with E-state index in [9.17, 15) is 31.1 Å². The lowest BCUT2D eigenvalue weighted by Crippen LogP contribution is -2.47. The van der Waals surface area contributed by atoms with Crippen LogP contribution in [0.5, 0.6) is 0 Å². The topological polar surface area (TPSA) is 99.5 Å². The van der Waals surface area contributed by atoms with Crippen LogP contribution in [0.3, 0.4) is 0 Å². The van der Waals surface area contributed by atoms with Gasteiger partial charge in [-0.3, -0.25) is 9.78 Å². The Morgan fingerprint density at radius 1 is 1.16 bits per heavy atom. The van der Waals surface area contributed by atoms with Gasteiger partial charge in [0.25, 0.3) is 0 Å². The molecule has 2 aromatic rings. The number of alkyl halides is 6. The van der Waals surface area contributed by atoms with Gasteiger partial charge in [-0.15, -0.1) is 0 Å². The molecule has 0 fully saturated rings. The summed E-state index contributed by atoms with van der Waals surface area (Å²) >= 11 is 0. The van der Waals surface area contributed by atoms with Gasteiger partial charge in [-0.05, 0) is 60.9 Å². The highest BCUT2D eigenvalue weighted by atomic mass is 19.4. The fourth-order valence-corrected chi connectivity index (χ4v) is 4.30. The molecular formula is C23H25F6N7O. The van der Waals surface area contributed by atoms with Gasteiger partial charge in [0.1, 0.15) is 0 Å². The fraction of sp³-hybridized carbons (Fsp3) is 0.435. The molecule has 3 rings (SSSR count). The van der Waals surface area contributed by atoms with Crippen molar-refractivity contribution in [2.75, 3.05) is 11.9 Å². The Balaban J connectivity index is 2.20. The number of halogens is 6. The summed E-state index contributed by atoms with van der Waals surface area (Å²) in [6, 6.07) is 3.64. The maximum Gasteiger partial charge on any atom is 0.416 e. The molecule has 37 heavy (non-hydrogen) atoms. The first kappa shape index (κ1) is 27.9. The van der Waals surface area contributed by atoms with Gasteiger partial charge in [-0.2, -0.15) is 31.5 Å². The van der Waals surface area contributed by atoms with Crippen LogP contribution in [0.25, 0.3) is 0 Å². The van der Waals surface area contributed by atoms with Crippen LogP contribution in [0.2, 0.25) is 0 Å². The number of hydrogen-bond acceptors (Lipinski definition) is 4. The zero-order valence-corrected chi connectivity index (χ0v) is 20.2. The number of pyridine rings is 1. The highest BCUT2D eigenvalue weighted by Crippen LogP contribution is 2.41. The van der Waals surface area contributed by atoms with Crippen molar-refractivity contribution in [1.29, 1.82) is 0 Å². The van der Waals surface area contributed by atoms with Crippen molar-refractivity contribution in [2.45, 2.75) is 57.7 Å². The third kappa shape index (κ3) is 6.17. The SMILES string of the molecule is CCC1CC(N(Cc2cc(C(F)(F)F)cc(C(F)(F)F)c2)/C(N)=N/N=NC)c2nc(C)ccc2N1C=O. The third-order valence-electron chi connectivity index (χ3n) is 6.02. The number of amides is 1. The summed E-state index contributed by atoms with van der Waals surface area (Å²) in [7, 11) is 1.32. The minimum absolute atomic E-state index is 0.0620. The summed E-state index contributed by atoms with van der Waals surface area (Å²) in [6.45, 7) is 3.09. The maximum atomic E-state index is 13.5. The van der Waals surface area contributed by atoms with Gasteiger partial charge in [-0.25, -0.2) is 0 Å². The van der Waals surface area contributed by atoms with Crippen LogP contribution in [0.15, 0.2) is 45.8 Å². The van der Waals surface area contributed by atoms with Crippen molar-refractivity contribution < 1.29 is 31.1 Å². The van der Waals surface area contributed by atoms with E-state index in [2.05, 4.69) is 20.4 Å². The average Bonchev–Trinajstić information content (AvgIpc) is 2.83. The van der Waals surface area contributed by atoms with Crippen molar-refractivity contribution in [3.05, 3.63) is 58.4 Å². The van der Waals surface area contributed by atoms with Crippen LogP contribution < -0.4 is 10.6 Å². The van der Waals surface area contributed by atoms with Gasteiger partial charge in [0, 0.05) is 18.3 Å². The zero-order chi connectivity index (χ0) is 27.5. The molecule has 8 nitrogen and oxygen atoms in total. The number of hydrogen-bond donors (Lipinski definition) is 1. The number of aryl methyl sites for hydroxylation is 1. The highest BCUT2D eigenvalue weighted by Gasteiger charge is 2.39. The maximum absolute atomic E-state index is 13.5. The summed E-state index contributed by atoms with van der Waals surface area (Å²) < 4.78 is 80.8. The van der Waals surface area contributed by atoms with Crippen LogP contribution in [0, 0.1) is 6.92 Å². The molecule has 2 heterocycles. The molecule has 1 amide bonds. The molecule has 2 unspecified atom stereocenters. The molecule has 0 radical (unpaired) electrons. The number of nitrogens with zero attached hydrogens (tertiary/aromatic N) is 6. The number of carbonyl (C=O) groups is 1. The number of benzene rings is 1. The molecule has 1 aliphatic rings. The number of anilines is 1. The van der Waals surface area contributed by atoms with Gasteiger partial charge in [0.05, 0.1) is 35.6 Å². The second kappa shape index (κ2) is 10.7. The first-order valence-corrected chi connectivity index (χ1v) is 11.2. The lowest BCUT2D eigenvalue weighted by Gasteiger charge is -2.42. The molecule has 0 spiro atoms. The van der Waals surface area contributed by atoms with E-state index in [1.54, 1.807) is 19.1 Å². The second-order valence-electron chi connectivity index (χ2n) is 8.47. The molecule has 1 aromatic carbocycles. The monoisotopic (exact) mass is 529 g/mol. The average molecular weight is 529 g/mol. The van der Waals surface area contributed by atoms with Gasteiger partial charge in [-0.1, -0.05) is 12.0 Å². The number of rotatable bonds is 6. The molecule has 0 bridgehead atoms. The molecule has 200 valence electrons. The summed E-state index contributed by atoms with van der Waals surface area (Å²) in [5.74, 6) is -0.287. The first-order valence-electron chi connectivity index (χ1n) is 11.2. The zero-order valence-electron chi connectivity index (χ0n) is 20.2. The molecule has 2 N–H and O–H groups in total. The Kier molecular flexibility index (Phi) is 8.08. The molecule has 0 saturated carbocycles. The van der Waals surface area contributed by atoms with Crippen molar-refractivity contribution in [1.82, 2.24) is 9.88 Å². The quantitative estimate of drug-likeness (QED) is 0.135. The lowest BCUT2D eigenvalue weighted by molar-refractivity contribution is -0.143. The molecule has 1 aromatic heterocycles. The van der Waals surface area contributed by atoms with Crippen LogP contribution >= 0.6 is 0 Å². The van der Waals surface area contributed by atoms with E-state index in [-0.39, 0.29) is 30.1 Å². The molecule has 2 atom stereocenters. The van der Waals surface area contributed by atoms with Crippen LogP contribution in [-0.4, -0.2) is 35.3 Å². The van der Waals surface area contributed by atoms with Crippen molar-refractivity contribution in [2.24, 2.45) is 21.2 Å². The van der Waals surface area contributed by atoms with Gasteiger partial charge in [0.15, 0.2) is 0 Å². The minimum Gasteiger partial charge on any atom is -0.368 e. The Morgan fingerprint density at radius 3 is 2.30 bits per heavy atom. The molecule has 1 aliphatic heterocycles. The van der Waals surface area contributed by atoms with Crippen molar-refractivity contribution >= 4 is 18.1 Å².